The predicted octanol–water partition coefficient (Wildman–Crippen LogP) is 5.74. The zero-order valence-corrected chi connectivity index (χ0v) is 22.5. The molecule has 0 saturated heterocycles. The molecule has 1 aliphatic heterocycles. The molecule has 1 amide bonds. The highest BCUT2D eigenvalue weighted by Gasteiger charge is 2.26. The molecule has 0 aliphatic carbocycles. The fraction of sp³-hybridized carbons (Fsp3) is 0.433. The van der Waals surface area contributed by atoms with E-state index in [1.54, 1.807) is 6.20 Å². The molecule has 2 atom stereocenters. The number of rotatable bonds is 12. The Morgan fingerprint density at radius 3 is 2.62 bits per heavy atom. The van der Waals surface area contributed by atoms with Gasteiger partial charge < -0.3 is 15.0 Å². The van der Waals surface area contributed by atoms with Crippen molar-refractivity contribution in [3.05, 3.63) is 77.5 Å². The van der Waals surface area contributed by atoms with Crippen LogP contribution < -0.4 is 15.0 Å². The number of fused-ring (bicyclic) bond motifs is 1. The number of benzene rings is 2. The molecular formula is C30H39N5O2. The molecule has 0 saturated carbocycles. The van der Waals surface area contributed by atoms with Crippen LogP contribution in [0.25, 0.3) is 0 Å². The molecule has 2 heterocycles. The number of carbonyl (C=O) groups excluding carboxylic acids is 1. The summed E-state index contributed by atoms with van der Waals surface area (Å²) in [6.45, 7) is 12.3. The number of anilines is 2. The van der Waals surface area contributed by atoms with Gasteiger partial charge in [0.25, 0.3) is 5.91 Å². The maximum absolute atomic E-state index is 13.9. The van der Waals surface area contributed by atoms with E-state index in [4.69, 9.17) is 9.72 Å². The topological polar surface area (TPSA) is 70.6 Å². The van der Waals surface area contributed by atoms with Gasteiger partial charge in [0.15, 0.2) is 0 Å². The van der Waals surface area contributed by atoms with Crippen molar-refractivity contribution in [1.82, 2.24) is 14.9 Å². The Balaban J connectivity index is 1.58. The molecule has 2 aromatic carbocycles. The second kappa shape index (κ2) is 12.7. The third-order valence-corrected chi connectivity index (χ3v) is 7.12. The molecule has 1 aromatic heterocycles. The van der Waals surface area contributed by atoms with Crippen molar-refractivity contribution < 1.29 is 9.53 Å². The Morgan fingerprint density at radius 1 is 1.08 bits per heavy atom. The summed E-state index contributed by atoms with van der Waals surface area (Å²) in [4.78, 5) is 27.4. The molecule has 0 fully saturated rings. The molecular weight excluding hydrogens is 462 g/mol. The summed E-state index contributed by atoms with van der Waals surface area (Å²) in [7, 11) is 0. The van der Waals surface area contributed by atoms with Crippen LogP contribution in [0.5, 0.6) is 5.75 Å². The van der Waals surface area contributed by atoms with Crippen molar-refractivity contribution in [3.8, 4) is 5.75 Å². The van der Waals surface area contributed by atoms with Gasteiger partial charge in [0, 0.05) is 24.2 Å². The van der Waals surface area contributed by atoms with Gasteiger partial charge in [-0.05, 0) is 81.7 Å². The molecule has 1 aliphatic rings. The molecule has 1 N–H and O–H groups in total. The number of ether oxygens (including phenoxy) is 1. The molecule has 0 bridgehead atoms. The largest absolute Gasteiger partial charge is 0.493 e. The van der Waals surface area contributed by atoms with Gasteiger partial charge in [-0.1, -0.05) is 44.2 Å². The molecule has 1 unspecified atom stereocenters. The summed E-state index contributed by atoms with van der Waals surface area (Å²) in [5.74, 6) is 1.93. The quantitative estimate of drug-likeness (QED) is 0.341. The van der Waals surface area contributed by atoms with Crippen molar-refractivity contribution in [2.75, 3.05) is 36.5 Å². The van der Waals surface area contributed by atoms with Crippen molar-refractivity contribution in [2.24, 2.45) is 0 Å². The van der Waals surface area contributed by atoms with Crippen LogP contribution in [0, 0.1) is 0 Å². The van der Waals surface area contributed by atoms with Crippen molar-refractivity contribution >= 4 is 17.7 Å². The molecule has 37 heavy (non-hydrogen) atoms. The maximum atomic E-state index is 13.9. The maximum Gasteiger partial charge on any atom is 0.259 e. The van der Waals surface area contributed by atoms with E-state index >= 15 is 0 Å². The second-order valence-electron chi connectivity index (χ2n) is 9.63. The molecule has 196 valence electrons. The Labute approximate surface area is 220 Å². The number of nitrogens with zero attached hydrogens (tertiary/aromatic N) is 4. The highest BCUT2D eigenvalue weighted by Crippen LogP contribution is 2.28. The molecule has 0 radical (unpaired) electrons. The third kappa shape index (κ3) is 6.66. The van der Waals surface area contributed by atoms with Crippen LogP contribution in [0.1, 0.15) is 68.1 Å². The van der Waals surface area contributed by atoms with Gasteiger partial charge in [-0.3, -0.25) is 9.69 Å². The predicted molar refractivity (Wildman–Crippen MR) is 149 cm³/mol. The van der Waals surface area contributed by atoms with E-state index in [1.165, 1.54) is 0 Å². The summed E-state index contributed by atoms with van der Waals surface area (Å²) in [5, 5.41) is 3.39. The van der Waals surface area contributed by atoms with Crippen molar-refractivity contribution in [1.29, 1.82) is 0 Å². The fourth-order valence-corrected chi connectivity index (χ4v) is 4.84. The van der Waals surface area contributed by atoms with E-state index in [9.17, 15) is 4.79 Å². The Bertz CT molecular complexity index is 1170. The summed E-state index contributed by atoms with van der Waals surface area (Å²) < 4.78 is 5.65. The van der Waals surface area contributed by atoms with E-state index in [2.05, 4.69) is 55.0 Å². The van der Waals surface area contributed by atoms with E-state index in [0.29, 0.717) is 23.9 Å². The van der Waals surface area contributed by atoms with Gasteiger partial charge in [-0.15, -0.1) is 0 Å². The number of nitrogens with one attached hydrogen (secondary N) is 1. The first-order chi connectivity index (χ1) is 18.0. The average molecular weight is 502 g/mol. The number of carbonyl (C=O) groups is 1. The molecule has 7 nitrogen and oxygen atoms in total. The van der Waals surface area contributed by atoms with E-state index in [1.807, 2.05) is 47.4 Å². The zero-order valence-electron chi connectivity index (χ0n) is 22.5. The minimum absolute atomic E-state index is 0.0261. The number of hydrogen-bond acceptors (Lipinski definition) is 6. The van der Waals surface area contributed by atoms with Crippen molar-refractivity contribution in [3.63, 3.8) is 0 Å². The van der Waals surface area contributed by atoms with Crippen LogP contribution in [0.3, 0.4) is 0 Å². The first kappa shape index (κ1) is 26.6. The first-order valence-corrected chi connectivity index (χ1v) is 13.5. The highest BCUT2D eigenvalue weighted by atomic mass is 16.5. The van der Waals surface area contributed by atoms with Crippen LogP contribution in [-0.2, 0) is 6.42 Å². The van der Waals surface area contributed by atoms with Gasteiger partial charge in [0.2, 0.25) is 5.95 Å². The summed E-state index contributed by atoms with van der Waals surface area (Å²) in [6, 6.07) is 17.8. The number of amides is 1. The average Bonchev–Trinajstić information content (AvgIpc) is 3.40. The smallest absolute Gasteiger partial charge is 0.259 e. The van der Waals surface area contributed by atoms with Crippen LogP contribution in [0.2, 0.25) is 0 Å². The Kier molecular flexibility index (Phi) is 9.12. The SMILES string of the molecule is CCN(CC)CCCC(C)N(C(=O)c1ccc2c(c1)CCO2)c1ccnc(N[C@@H](C)c2ccccc2)n1. The lowest BCUT2D eigenvalue weighted by Gasteiger charge is -2.30. The number of hydrogen-bond donors (Lipinski definition) is 1. The summed E-state index contributed by atoms with van der Waals surface area (Å²) in [6.07, 6.45) is 4.44. The van der Waals surface area contributed by atoms with Crippen molar-refractivity contribution in [2.45, 2.75) is 59.0 Å². The van der Waals surface area contributed by atoms with Crippen LogP contribution in [-0.4, -0.2) is 53.1 Å². The minimum atomic E-state index is -0.0502. The normalized spacial score (nSPS) is 14.1. The lowest BCUT2D eigenvalue weighted by molar-refractivity contribution is 0.0975. The summed E-state index contributed by atoms with van der Waals surface area (Å²) in [5.41, 5.74) is 2.89. The Morgan fingerprint density at radius 2 is 1.86 bits per heavy atom. The lowest BCUT2D eigenvalue weighted by Crippen LogP contribution is -2.40. The van der Waals surface area contributed by atoms with Gasteiger partial charge in [-0.2, -0.15) is 4.98 Å². The summed E-state index contributed by atoms with van der Waals surface area (Å²) >= 11 is 0. The Hall–Kier alpha value is -3.45. The van der Waals surface area contributed by atoms with Gasteiger partial charge in [0.05, 0.1) is 12.6 Å². The van der Waals surface area contributed by atoms with Gasteiger partial charge in [-0.25, -0.2) is 4.98 Å². The molecule has 3 aromatic rings. The van der Waals surface area contributed by atoms with E-state index in [0.717, 1.165) is 55.8 Å². The lowest BCUT2D eigenvalue weighted by atomic mass is 10.1. The first-order valence-electron chi connectivity index (χ1n) is 13.5. The van der Waals surface area contributed by atoms with Gasteiger partial charge >= 0.3 is 0 Å². The minimum Gasteiger partial charge on any atom is -0.493 e. The van der Waals surface area contributed by atoms with E-state index in [-0.39, 0.29) is 18.0 Å². The van der Waals surface area contributed by atoms with Crippen LogP contribution >= 0.6 is 0 Å². The highest BCUT2D eigenvalue weighted by molar-refractivity contribution is 6.06. The third-order valence-electron chi connectivity index (χ3n) is 7.12. The monoisotopic (exact) mass is 501 g/mol. The zero-order chi connectivity index (χ0) is 26.2. The van der Waals surface area contributed by atoms with E-state index < -0.39 is 0 Å². The standard InChI is InChI=1S/C30H39N5O2/c1-5-34(6-2)19-10-11-22(3)35(29(36)26-14-15-27-25(21-26)17-20-37-27)28-16-18-31-30(33-28)32-23(4)24-12-8-7-9-13-24/h7-9,12-16,18,21-23H,5-6,10-11,17,19-20H2,1-4H3,(H,31,32,33)/t22?,23-/m0/s1. The van der Waals surface area contributed by atoms with Crippen LogP contribution in [0.4, 0.5) is 11.8 Å². The second-order valence-corrected chi connectivity index (χ2v) is 9.63. The molecule has 7 heteroatoms. The molecule has 0 spiro atoms. The molecule has 4 rings (SSSR count). The number of aromatic nitrogens is 2. The fourth-order valence-electron chi connectivity index (χ4n) is 4.84. The van der Waals surface area contributed by atoms with Gasteiger partial charge in [0.1, 0.15) is 11.6 Å². The van der Waals surface area contributed by atoms with Crippen LogP contribution in [0.15, 0.2) is 60.8 Å².